The van der Waals surface area contributed by atoms with Crippen LogP contribution in [0.4, 0.5) is 0 Å². The third-order valence-electron chi connectivity index (χ3n) is 3.19. The van der Waals surface area contributed by atoms with Crippen LogP contribution in [0, 0.1) is 5.92 Å². The zero-order chi connectivity index (χ0) is 15.1. The summed E-state index contributed by atoms with van der Waals surface area (Å²) in [6, 6.07) is 8.02. The molecule has 0 saturated carbocycles. The fraction of sp³-hybridized carbons (Fsp3) is 0.467. The van der Waals surface area contributed by atoms with Gasteiger partial charge in [0.25, 0.3) is 0 Å². The molecule has 2 atom stereocenters. The summed E-state index contributed by atoms with van der Waals surface area (Å²) in [5.74, 6) is -1.19. The molecule has 0 aliphatic rings. The predicted octanol–water partition coefficient (Wildman–Crippen LogP) is 1.17. The van der Waals surface area contributed by atoms with Crippen molar-refractivity contribution in [2.24, 2.45) is 11.7 Å². The first-order valence-electron chi connectivity index (χ1n) is 6.71. The van der Waals surface area contributed by atoms with Gasteiger partial charge < -0.3 is 16.2 Å². The van der Waals surface area contributed by atoms with E-state index < -0.39 is 12.0 Å². The van der Waals surface area contributed by atoms with E-state index in [1.54, 1.807) is 0 Å². The highest BCUT2D eigenvalue weighted by atomic mass is 16.4. The molecule has 5 heteroatoms. The van der Waals surface area contributed by atoms with E-state index in [0.29, 0.717) is 0 Å². The number of carbonyl (C=O) groups excluding carboxylic acids is 1. The lowest BCUT2D eigenvalue weighted by atomic mass is 10.0. The van der Waals surface area contributed by atoms with Crippen molar-refractivity contribution < 1.29 is 14.7 Å². The number of hydrogen-bond donors (Lipinski definition) is 3. The van der Waals surface area contributed by atoms with Gasteiger partial charge in [-0.05, 0) is 11.5 Å². The summed E-state index contributed by atoms with van der Waals surface area (Å²) in [5, 5.41) is 11.7. The van der Waals surface area contributed by atoms with E-state index in [-0.39, 0.29) is 30.7 Å². The number of carboxylic acids is 1. The SMILES string of the molecule is CC(C)C(N)CC(=O)NC(Cc1ccccc1)C(=O)O. The molecule has 0 spiro atoms. The number of nitrogens with two attached hydrogens (primary N) is 1. The number of carboxylic acid groups (broad SMARTS) is 1. The quantitative estimate of drug-likeness (QED) is 0.698. The Kier molecular flexibility index (Phi) is 6.18. The van der Waals surface area contributed by atoms with E-state index in [0.717, 1.165) is 5.56 Å². The van der Waals surface area contributed by atoms with Crippen LogP contribution in [-0.2, 0) is 16.0 Å². The largest absolute Gasteiger partial charge is 0.480 e. The van der Waals surface area contributed by atoms with Gasteiger partial charge in [0.2, 0.25) is 5.91 Å². The number of aliphatic carboxylic acids is 1. The molecule has 1 aromatic rings. The van der Waals surface area contributed by atoms with Gasteiger partial charge in [-0.1, -0.05) is 44.2 Å². The van der Waals surface area contributed by atoms with Crippen LogP contribution in [0.5, 0.6) is 0 Å². The molecule has 0 radical (unpaired) electrons. The molecule has 0 saturated heterocycles. The molecule has 110 valence electrons. The topological polar surface area (TPSA) is 92.4 Å². The van der Waals surface area contributed by atoms with Gasteiger partial charge in [0.05, 0.1) is 0 Å². The van der Waals surface area contributed by atoms with E-state index >= 15 is 0 Å². The van der Waals surface area contributed by atoms with Gasteiger partial charge in [-0.15, -0.1) is 0 Å². The first-order chi connectivity index (χ1) is 9.40. The first kappa shape index (κ1) is 16.2. The molecule has 0 aliphatic heterocycles. The Morgan fingerprint density at radius 3 is 2.35 bits per heavy atom. The highest BCUT2D eigenvalue weighted by Gasteiger charge is 2.22. The van der Waals surface area contributed by atoms with Crippen LogP contribution in [0.3, 0.4) is 0 Å². The van der Waals surface area contributed by atoms with Crippen molar-refractivity contribution in [2.75, 3.05) is 0 Å². The fourth-order valence-electron chi connectivity index (χ4n) is 1.75. The van der Waals surface area contributed by atoms with Crippen LogP contribution < -0.4 is 11.1 Å². The number of hydrogen-bond acceptors (Lipinski definition) is 3. The fourth-order valence-corrected chi connectivity index (χ4v) is 1.75. The molecule has 1 aromatic carbocycles. The molecular weight excluding hydrogens is 256 g/mol. The minimum atomic E-state index is -1.04. The van der Waals surface area contributed by atoms with Crippen molar-refractivity contribution in [1.29, 1.82) is 0 Å². The number of amides is 1. The third kappa shape index (κ3) is 5.40. The van der Waals surface area contributed by atoms with Crippen LogP contribution in [0.15, 0.2) is 30.3 Å². The molecule has 5 nitrogen and oxygen atoms in total. The average Bonchev–Trinajstić information content (AvgIpc) is 2.38. The number of benzene rings is 1. The van der Waals surface area contributed by atoms with Crippen LogP contribution in [0.2, 0.25) is 0 Å². The predicted molar refractivity (Wildman–Crippen MR) is 77.1 cm³/mol. The van der Waals surface area contributed by atoms with Gasteiger partial charge in [0.1, 0.15) is 6.04 Å². The molecule has 0 heterocycles. The lowest BCUT2D eigenvalue weighted by molar-refractivity contribution is -0.141. The third-order valence-corrected chi connectivity index (χ3v) is 3.19. The molecular formula is C15H22N2O3. The molecule has 0 aromatic heterocycles. The van der Waals surface area contributed by atoms with E-state index in [4.69, 9.17) is 5.73 Å². The van der Waals surface area contributed by atoms with E-state index in [1.807, 2.05) is 44.2 Å². The van der Waals surface area contributed by atoms with Gasteiger partial charge >= 0.3 is 5.97 Å². The molecule has 0 fully saturated rings. The minimum Gasteiger partial charge on any atom is -0.480 e. The summed E-state index contributed by atoms with van der Waals surface area (Å²) in [4.78, 5) is 23.0. The van der Waals surface area contributed by atoms with Crippen molar-refractivity contribution in [3.05, 3.63) is 35.9 Å². The second kappa shape index (κ2) is 7.65. The highest BCUT2D eigenvalue weighted by Crippen LogP contribution is 2.06. The lowest BCUT2D eigenvalue weighted by Crippen LogP contribution is -2.44. The molecule has 1 rings (SSSR count). The standard InChI is InChI=1S/C15H22N2O3/c1-10(2)12(16)9-14(18)17-13(15(19)20)8-11-6-4-3-5-7-11/h3-7,10,12-13H,8-9,16H2,1-2H3,(H,17,18)(H,19,20). The van der Waals surface area contributed by atoms with Crippen molar-refractivity contribution >= 4 is 11.9 Å². The Labute approximate surface area is 119 Å². The maximum absolute atomic E-state index is 11.8. The number of carbonyl (C=O) groups is 2. The summed E-state index contributed by atoms with van der Waals surface area (Å²) in [6.45, 7) is 3.85. The van der Waals surface area contributed by atoms with Crippen molar-refractivity contribution in [3.63, 3.8) is 0 Å². The van der Waals surface area contributed by atoms with Gasteiger partial charge in [-0.2, -0.15) is 0 Å². The molecule has 20 heavy (non-hydrogen) atoms. The summed E-state index contributed by atoms with van der Waals surface area (Å²) in [5.41, 5.74) is 6.68. The molecule has 4 N–H and O–H groups in total. The second-order valence-electron chi connectivity index (χ2n) is 5.26. The number of nitrogens with one attached hydrogen (secondary N) is 1. The Bertz CT molecular complexity index is 446. The van der Waals surface area contributed by atoms with Crippen LogP contribution in [0.25, 0.3) is 0 Å². The van der Waals surface area contributed by atoms with Gasteiger partial charge in [0.15, 0.2) is 0 Å². The summed E-state index contributed by atoms with van der Waals surface area (Å²) < 4.78 is 0. The normalized spacial score (nSPS) is 13.8. The highest BCUT2D eigenvalue weighted by molar-refractivity contribution is 5.84. The minimum absolute atomic E-state index is 0.135. The lowest BCUT2D eigenvalue weighted by Gasteiger charge is -2.18. The molecule has 0 aliphatic carbocycles. The smallest absolute Gasteiger partial charge is 0.326 e. The first-order valence-corrected chi connectivity index (χ1v) is 6.71. The Morgan fingerprint density at radius 1 is 1.25 bits per heavy atom. The van der Waals surface area contributed by atoms with Crippen molar-refractivity contribution in [1.82, 2.24) is 5.32 Å². The molecule has 1 amide bonds. The Balaban J connectivity index is 2.59. The average molecular weight is 278 g/mol. The molecule has 2 unspecified atom stereocenters. The van der Waals surface area contributed by atoms with Crippen LogP contribution in [0.1, 0.15) is 25.8 Å². The van der Waals surface area contributed by atoms with Crippen LogP contribution >= 0.6 is 0 Å². The zero-order valence-electron chi connectivity index (χ0n) is 11.9. The maximum Gasteiger partial charge on any atom is 0.326 e. The summed E-state index contributed by atoms with van der Waals surface area (Å²) in [7, 11) is 0. The van der Waals surface area contributed by atoms with Crippen molar-refractivity contribution in [2.45, 2.75) is 38.8 Å². The van der Waals surface area contributed by atoms with Gasteiger partial charge in [0, 0.05) is 18.9 Å². The zero-order valence-corrected chi connectivity index (χ0v) is 11.9. The summed E-state index contributed by atoms with van der Waals surface area (Å²) in [6.07, 6.45) is 0.398. The monoisotopic (exact) mass is 278 g/mol. The Morgan fingerprint density at radius 2 is 1.85 bits per heavy atom. The molecule has 0 bridgehead atoms. The van der Waals surface area contributed by atoms with E-state index in [2.05, 4.69) is 5.32 Å². The van der Waals surface area contributed by atoms with Crippen LogP contribution in [-0.4, -0.2) is 29.1 Å². The van der Waals surface area contributed by atoms with Gasteiger partial charge in [-0.25, -0.2) is 4.79 Å². The Hall–Kier alpha value is -1.88. The summed E-state index contributed by atoms with van der Waals surface area (Å²) >= 11 is 0. The second-order valence-corrected chi connectivity index (χ2v) is 5.26. The van der Waals surface area contributed by atoms with E-state index in [1.165, 1.54) is 0 Å². The number of rotatable bonds is 7. The van der Waals surface area contributed by atoms with Crippen molar-refractivity contribution in [3.8, 4) is 0 Å². The maximum atomic E-state index is 11.8. The van der Waals surface area contributed by atoms with Gasteiger partial charge in [-0.3, -0.25) is 4.79 Å². The van der Waals surface area contributed by atoms with E-state index in [9.17, 15) is 14.7 Å².